The Balaban J connectivity index is 3.26. The summed E-state index contributed by atoms with van der Waals surface area (Å²) >= 11 is 0. The van der Waals surface area contributed by atoms with Crippen LogP contribution in [-0.4, -0.2) is 19.0 Å². The number of halogens is 3. The number of benzene rings is 1. The Morgan fingerprint density at radius 3 is 2.13 bits per heavy atom. The van der Waals surface area contributed by atoms with Crippen LogP contribution in [-0.2, 0) is 0 Å². The molecule has 5 heteroatoms. The third kappa shape index (κ3) is 2.28. The summed E-state index contributed by atoms with van der Waals surface area (Å²) in [5.41, 5.74) is -0.165. The first-order valence-corrected chi connectivity index (χ1v) is 4.18. The molecule has 0 saturated carbocycles. The molecule has 0 aromatic heterocycles. The minimum atomic E-state index is -1.26. The molecule has 0 aliphatic rings. The number of rotatable bonds is 2. The van der Waals surface area contributed by atoms with Gasteiger partial charge >= 0.3 is 0 Å². The van der Waals surface area contributed by atoms with Gasteiger partial charge in [0.25, 0.3) is 0 Å². The second-order valence-corrected chi connectivity index (χ2v) is 3.28. The third-order valence-corrected chi connectivity index (χ3v) is 1.97. The molecular formula is C10H9F3N2. The van der Waals surface area contributed by atoms with Crippen LogP contribution < -0.4 is 0 Å². The van der Waals surface area contributed by atoms with E-state index in [9.17, 15) is 13.2 Å². The molecule has 0 amide bonds. The Morgan fingerprint density at radius 1 is 1.13 bits per heavy atom. The summed E-state index contributed by atoms with van der Waals surface area (Å²) in [6.45, 7) is 0. The standard InChI is InChI=1S/C10H9F3N2/c1-15(2)10(5-14)6-3-8(12)9(13)4-7(6)11/h3-4,10H,1-2H3. The highest BCUT2D eigenvalue weighted by atomic mass is 19.2. The molecule has 1 aromatic carbocycles. The first-order valence-electron chi connectivity index (χ1n) is 4.18. The minimum absolute atomic E-state index is 0.165. The average Bonchev–Trinajstić information content (AvgIpc) is 2.14. The zero-order valence-corrected chi connectivity index (χ0v) is 8.26. The zero-order valence-electron chi connectivity index (χ0n) is 8.26. The summed E-state index contributed by atoms with van der Waals surface area (Å²) in [6.07, 6.45) is 0. The second-order valence-electron chi connectivity index (χ2n) is 3.28. The van der Waals surface area contributed by atoms with Gasteiger partial charge < -0.3 is 0 Å². The van der Waals surface area contributed by atoms with E-state index in [2.05, 4.69) is 0 Å². The fraction of sp³-hybridized carbons (Fsp3) is 0.300. The lowest BCUT2D eigenvalue weighted by Crippen LogP contribution is -2.19. The Morgan fingerprint density at radius 2 is 1.67 bits per heavy atom. The molecule has 1 rings (SSSR count). The molecular weight excluding hydrogens is 205 g/mol. The molecule has 2 nitrogen and oxygen atoms in total. The molecule has 80 valence electrons. The number of nitriles is 1. The molecule has 1 aromatic rings. The maximum atomic E-state index is 13.2. The number of hydrogen-bond acceptors (Lipinski definition) is 2. The van der Waals surface area contributed by atoms with E-state index in [0.29, 0.717) is 12.1 Å². The maximum absolute atomic E-state index is 13.2. The van der Waals surface area contributed by atoms with Crippen molar-refractivity contribution < 1.29 is 13.2 Å². The topological polar surface area (TPSA) is 27.0 Å². The van der Waals surface area contributed by atoms with Crippen molar-refractivity contribution in [3.63, 3.8) is 0 Å². The Bertz CT molecular complexity index is 410. The van der Waals surface area contributed by atoms with Gasteiger partial charge in [0.05, 0.1) is 6.07 Å². The van der Waals surface area contributed by atoms with Crippen LogP contribution in [0.2, 0.25) is 0 Å². The van der Waals surface area contributed by atoms with Crippen molar-refractivity contribution in [3.8, 4) is 6.07 Å². The highest BCUT2D eigenvalue weighted by Gasteiger charge is 2.20. The van der Waals surface area contributed by atoms with Gasteiger partial charge in [0.2, 0.25) is 0 Å². The third-order valence-electron chi connectivity index (χ3n) is 1.97. The van der Waals surface area contributed by atoms with Crippen LogP contribution in [0.4, 0.5) is 13.2 Å². The van der Waals surface area contributed by atoms with E-state index in [1.807, 2.05) is 0 Å². The molecule has 1 atom stereocenters. The average molecular weight is 214 g/mol. The zero-order chi connectivity index (χ0) is 11.6. The van der Waals surface area contributed by atoms with Crippen molar-refractivity contribution >= 4 is 0 Å². The van der Waals surface area contributed by atoms with E-state index < -0.39 is 23.5 Å². The minimum Gasteiger partial charge on any atom is -0.290 e. The van der Waals surface area contributed by atoms with E-state index in [0.717, 1.165) is 0 Å². The van der Waals surface area contributed by atoms with E-state index in [1.165, 1.54) is 4.90 Å². The van der Waals surface area contributed by atoms with Crippen molar-refractivity contribution in [2.75, 3.05) is 14.1 Å². The molecule has 15 heavy (non-hydrogen) atoms. The number of nitrogens with zero attached hydrogens (tertiary/aromatic N) is 2. The Kier molecular flexibility index (Phi) is 3.32. The van der Waals surface area contributed by atoms with Crippen LogP contribution in [0.5, 0.6) is 0 Å². The van der Waals surface area contributed by atoms with E-state index in [-0.39, 0.29) is 5.56 Å². The van der Waals surface area contributed by atoms with Crippen molar-refractivity contribution in [3.05, 3.63) is 35.1 Å². The molecule has 0 heterocycles. The summed E-state index contributed by atoms with van der Waals surface area (Å²) in [5.74, 6) is -3.34. The highest BCUT2D eigenvalue weighted by Crippen LogP contribution is 2.23. The predicted octanol–water partition coefficient (Wildman–Crippen LogP) is 2.23. The summed E-state index contributed by atoms with van der Waals surface area (Å²) < 4.78 is 38.7. The van der Waals surface area contributed by atoms with Gasteiger partial charge in [0.15, 0.2) is 11.6 Å². The Labute approximate surface area is 85.5 Å². The first kappa shape index (κ1) is 11.5. The first-order chi connectivity index (χ1) is 6.97. The van der Waals surface area contributed by atoms with Gasteiger partial charge in [-0.15, -0.1) is 0 Å². The van der Waals surface area contributed by atoms with Crippen LogP contribution in [0.1, 0.15) is 11.6 Å². The van der Waals surface area contributed by atoms with Crippen LogP contribution in [0.15, 0.2) is 12.1 Å². The lowest BCUT2D eigenvalue weighted by molar-refractivity contribution is 0.346. The predicted molar refractivity (Wildman–Crippen MR) is 48.4 cm³/mol. The molecule has 0 aliphatic carbocycles. The van der Waals surface area contributed by atoms with Gasteiger partial charge in [0, 0.05) is 11.6 Å². The van der Waals surface area contributed by atoms with Crippen LogP contribution in [0.25, 0.3) is 0 Å². The lowest BCUT2D eigenvalue weighted by atomic mass is 10.1. The summed E-state index contributed by atoms with van der Waals surface area (Å²) in [6, 6.07) is 2.02. The van der Waals surface area contributed by atoms with Crippen molar-refractivity contribution in [1.82, 2.24) is 4.90 Å². The van der Waals surface area contributed by atoms with Gasteiger partial charge in [-0.25, -0.2) is 13.2 Å². The highest BCUT2D eigenvalue weighted by molar-refractivity contribution is 5.27. The molecule has 0 bridgehead atoms. The summed E-state index contributed by atoms with van der Waals surface area (Å²) in [4.78, 5) is 1.41. The number of hydrogen-bond donors (Lipinski definition) is 0. The van der Waals surface area contributed by atoms with Crippen molar-refractivity contribution in [2.24, 2.45) is 0 Å². The molecule has 0 fully saturated rings. The molecule has 1 unspecified atom stereocenters. The van der Waals surface area contributed by atoms with Crippen LogP contribution in [0, 0.1) is 28.8 Å². The van der Waals surface area contributed by atoms with Gasteiger partial charge in [-0.1, -0.05) is 0 Å². The van der Waals surface area contributed by atoms with Gasteiger partial charge in [-0.3, -0.25) is 4.90 Å². The molecule has 0 N–H and O–H groups in total. The van der Waals surface area contributed by atoms with Crippen LogP contribution in [0.3, 0.4) is 0 Å². The Hall–Kier alpha value is -1.54. The van der Waals surface area contributed by atoms with Gasteiger partial charge in [-0.2, -0.15) is 5.26 Å². The smallest absolute Gasteiger partial charge is 0.161 e. The largest absolute Gasteiger partial charge is 0.290 e. The summed E-state index contributed by atoms with van der Waals surface area (Å²) in [7, 11) is 3.10. The van der Waals surface area contributed by atoms with E-state index >= 15 is 0 Å². The second kappa shape index (κ2) is 4.32. The van der Waals surface area contributed by atoms with Crippen molar-refractivity contribution in [2.45, 2.75) is 6.04 Å². The fourth-order valence-corrected chi connectivity index (χ4v) is 1.21. The molecule has 0 aliphatic heterocycles. The lowest BCUT2D eigenvalue weighted by Gasteiger charge is -2.17. The monoisotopic (exact) mass is 214 g/mol. The molecule has 0 spiro atoms. The normalized spacial score (nSPS) is 12.6. The van der Waals surface area contributed by atoms with Crippen molar-refractivity contribution in [1.29, 1.82) is 5.26 Å². The van der Waals surface area contributed by atoms with Gasteiger partial charge in [-0.05, 0) is 20.2 Å². The van der Waals surface area contributed by atoms with Crippen LogP contribution >= 0.6 is 0 Å². The summed E-state index contributed by atoms with van der Waals surface area (Å²) in [5, 5.41) is 8.76. The molecule has 0 saturated heterocycles. The van der Waals surface area contributed by atoms with Gasteiger partial charge in [0.1, 0.15) is 11.9 Å². The fourth-order valence-electron chi connectivity index (χ4n) is 1.21. The molecule has 0 radical (unpaired) electrons. The SMILES string of the molecule is CN(C)C(C#N)c1cc(F)c(F)cc1F. The quantitative estimate of drug-likeness (QED) is 0.706. The van der Waals surface area contributed by atoms with E-state index in [1.54, 1.807) is 20.2 Å². The maximum Gasteiger partial charge on any atom is 0.161 e. The van der Waals surface area contributed by atoms with E-state index in [4.69, 9.17) is 5.26 Å².